The van der Waals surface area contributed by atoms with Crippen molar-refractivity contribution >= 4 is 15.7 Å². The minimum atomic E-state index is -3.67. The average Bonchev–Trinajstić information content (AvgIpc) is 2.69. The molecule has 0 aromatic heterocycles. The minimum Gasteiger partial charge on any atom is -0.497 e. The average molecular weight is 286 g/mol. The van der Waals surface area contributed by atoms with Crippen LogP contribution in [0.1, 0.15) is 13.3 Å². The third-order valence-corrected chi connectivity index (χ3v) is 5.17. The Labute approximate surface area is 112 Å². The number of aliphatic hydroxyl groups is 1. The van der Waals surface area contributed by atoms with Crippen molar-refractivity contribution in [3.63, 3.8) is 0 Å². The number of hydrogen-bond donors (Lipinski definition) is 2. The lowest BCUT2D eigenvalue weighted by Gasteiger charge is -2.20. The van der Waals surface area contributed by atoms with Gasteiger partial charge in [-0.05, 0) is 25.5 Å². The summed E-state index contributed by atoms with van der Waals surface area (Å²) >= 11 is 0. The molecule has 1 aliphatic rings. The number of β-amino-alcohol motifs (C(OH)–C–C–N with tert-alkyl or cyclic N) is 1. The number of rotatable bonds is 3. The van der Waals surface area contributed by atoms with Gasteiger partial charge in [0.05, 0.1) is 18.4 Å². The lowest BCUT2D eigenvalue weighted by molar-refractivity contribution is 0.0762. The van der Waals surface area contributed by atoms with E-state index in [2.05, 4.69) is 0 Å². The third-order valence-electron chi connectivity index (χ3n) is 3.25. The van der Waals surface area contributed by atoms with E-state index >= 15 is 0 Å². The zero-order chi connectivity index (χ0) is 14.3. The van der Waals surface area contributed by atoms with Crippen LogP contribution in [0.3, 0.4) is 0 Å². The minimum absolute atomic E-state index is 0.0472. The quantitative estimate of drug-likeness (QED) is 0.786. The molecule has 1 saturated heterocycles. The van der Waals surface area contributed by atoms with Crippen molar-refractivity contribution in [1.29, 1.82) is 0 Å². The van der Waals surface area contributed by atoms with E-state index in [1.54, 1.807) is 13.0 Å². The lowest BCUT2D eigenvalue weighted by atomic mass is 10.1. The summed E-state index contributed by atoms with van der Waals surface area (Å²) in [6.07, 6.45) is 0.419. The molecule has 0 saturated carbocycles. The van der Waals surface area contributed by atoms with Gasteiger partial charge >= 0.3 is 0 Å². The second kappa shape index (κ2) is 4.66. The molecule has 1 aromatic carbocycles. The van der Waals surface area contributed by atoms with Gasteiger partial charge in [-0.25, -0.2) is 8.42 Å². The van der Waals surface area contributed by atoms with E-state index in [4.69, 9.17) is 10.5 Å². The predicted molar refractivity (Wildman–Crippen MR) is 71.4 cm³/mol. The highest BCUT2D eigenvalue weighted by atomic mass is 32.2. The first kappa shape index (κ1) is 14.1. The highest BCUT2D eigenvalue weighted by Gasteiger charge is 2.39. The Kier molecular flexibility index (Phi) is 3.46. The summed E-state index contributed by atoms with van der Waals surface area (Å²) in [4.78, 5) is 0.0472. The molecule has 0 aliphatic carbocycles. The molecule has 2 rings (SSSR count). The topological polar surface area (TPSA) is 92.9 Å². The molecule has 1 atom stereocenters. The van der Waals surface area contributed by atoms with Crippen LogP contribution >= 0.6 is 0 Å². The maximum absolute atomic E-state index is 12.4. The molecule has 3 N–H and O–H groups in total. The molecule has 0 amide bonds. The molecule has 0 bridgehead atoms. The first-order valence-corrected chi connectivity index (χ1v) is 7.36. The van der Waals surface area contributed by atoms with Gasteiger partial charge in [0.15, 0.2) is 0 Å². The lowest BCUT2D eigenvalue weighted by Crippen LogP contribution is -2.34. The van der Waals surface area contributed by atoms with Crippen molar-refractivity contribution < 1.29 is 18.3 Å². The van der Waals surface area contributed by atoms with Crippen LogP contribution in [0.4, 0.5) is 5.69 Å². The van der Waals surface area contributed by atoms with E-state index in [-0.39, 0.29) is 17.1 Å². The van der Waals surface area contributed by atoms with Gasteiger partial charge in [0.2, 0.25) is 10.0 Å². The fourth-order valence-corrected chi connectivity index (χ4v) is 3.79. The normalized spacial score (nSPS) is 24.6. The summed E-state index contributed by atoms with van der Waals surface area (Å²) in [5.74, 6) is 0.505. The number of methoxy groups -OCH3 is 1. The number of nitrogens with zero attached hydrogens (tertiary/aromatic N) is 1. The zero-order valence-corrected chi connectivity index (χ0v) is 11.8. The van der Waals surface area contributed by atoms with Gasteiger partial charge in [0.25, 0.3) is 0 Å². The van der Waals surface area contributed by atoms with Gasteiger partial charge in [-0.3, -0.25) is 0 Å². The van der Waals surface area contributed by atoms with Crippen LogP contribution in [0.5, 0.6) is 5.75 Å². The summed E-state index contributed by atoms with van der Waals surface area (Å²) in [5, 5.41) is 9.87. The van der Waals surface area contributed by atoms with Crippen molar-refractivity contribution in [2.45, 2.75) is 23.8 Å². The van der Waals surface area contributed by atoms with Crippen LogP contribution < -0.4 is 10.5 Å². The molecule has 1 unspecified atom stereocenters. The molecular weight excluding hydrogens is 268 g/mol. The number of ether oxygens (including phenoxy) is 1. The number of anilines is 1. The summed E-state index contributed by atoms with van der Waals surface area (Å²) < 4.78 is 31.1. The van der Waals surface area contributed by atoms with Crippen LogP contribution in [0.15, 0.2) is 23.1 Å². The number of nitrogen functional groups attached to an aromatic ring is 1. The predicted octanol–water partition coefficient (Wildman–Crippen LogP) is 0.423. The van der Waals surface area contributed by atoms with E-state index in [1.165, 1.54) is 23.5 Å². The fourth-order valence-electron chi connectivity index (χ4n) is 2.14. The molecular formula is C12H18N2O4S. The maximum Gasteiger partial charge on any atom is 0.245 e. The number of nitrogens with two attached hydrogens (primary N) is 1. The highest BCUT2D eigenvalue weighted by Crippen LogP contribution is 2.31. The van der Waals surface area contributed by atoms with E-state index < -0.39 is 15.6 Å². The standard InChI is InChI=1S/C12H18N2O4S/c1-12(15)5-6-14(8-12)19(16,17)11-4-3-9(18-2)7-10(11)13/h3-4,7,15H,5-6,8,13H2,1-2H3. The number of sulfonamides is 1. The van der Waals surface area contributed by atoms with E-state index in [0.717, 1.165) is 0 Å². The number of benzene rings is 1. The van der Waals surface area contributed by atoms with Crippen LogP contribution in [0, 0.1) is 0 Å². The second-order valence-electron chi connectivity index (χ2n) is 4.99. The second-order valence-corrected chi connectivity index (χ2v) is 6.90. The fraction of sp³-hybridized carbons (Fsp3) is 0.500. The molecule has 1 fully saturated rings. The Bertz CT molecular complexity index is 583. The van der Waals surface area contributed by atoms with Crippen LogP contribution in [0.25, 0.3) is 0 Å². The SMILES string of the molecule is COc1ccc(S(=O)(=O)N2CCC(C)(O)C2)c(N)c1. The Morgan fingerprint density at radius 2 is 2.16 bits per heavy atom. The van der Waals surface area contributed by atoms with Crippen LogP contribution in [-0.2, 0) is 10.0 Å². The van der Waals surface area contributed by atoms with E-state index in [0.29, 0.717) is 18.7 Å². The third kappa shape index (κ3) is 2.68. The first-order valence-electron chi connectivity index (χ1n) is 5.92. The van der Waals surface area contributed by atoms with Crippen molar-refractivity contribution in [2.75, 3.05) is 25.9 Å². The van der Waals surface area contributed by atoms with Gasteiger partial charge in [0, 0.05) is 19.2 Å². The summed E-state index contributed by atoms with van der Waals surface area (Å²) in [7, 11) is -2.19. The van der Waals surface area contributed by atoms with Gasteiger partial charge in [-0.15, -0.1) is 0 Å². The Balaban J connectivity index is 2.35. The Hall–Kier alpha value is -1.31. The van der Waals surface area contributed by atoms with E-state index in [1.807, 2.05) is 0 Å². The van der Waals surface area contributed by atoms with Crippen molar-refractivity contribution in [3.05, 3.63) is 18.2 Å². The van der Waals surface area contributed by atoms with Gasteiger partial charge in [-0.1, -0.05) is 0 Å². The largest absolute Gasteiger partial charge is 0.497 e. The van der Waals surface area contributed by atoms with Crippen molar-refractivity contribution in [1.82, 2.24) is 4.31 Å². The summed E-state index contributed by atoms with van der Waals surface area (Å²) in [6.45, 7) is 2.00. The molecule has 6 nitrogen and oxygen atoms in total. The number of hydrogen-bond acceptors (Lipinski definition) is 5. The maximum atomic E-state index is 12.4. The zero-order valence-electron chi connectivity index (χ0n) is 11.0. The van der Waals surface area contributed by atoms with Gasteiger partial charge in [-0.2, -0.15) is 4.31 Å². The first-order chi connectivity index (χ1) is 8.76. The molecule has 1 aliphatic heterocycles. The molecule has 1 aromatic rings. The van der Waals surface area contributed by atoms with E-state index in [9.17, 15) is 13.5 Å². The molecule has 19 heavy (non-hydrogen) atoms. The van der Waals surface area contributed by atoms with Gasteiger partial charge < -0.3 is 15.6 Å². The molecule has 106 valence electrons. The molecule has 0 spiro atoms. The molecule has 7 heteroatoms. The smallest absolute Gasteiger partial charge is 0.245 e. The monoisotopic (exact) mass is 286 g/mol. The summed E-state index contributed by atoms with van der Waals surface area (Å²) in [5.41, 5.74) is 4.94. The molecule has 1 heterocycles. The van der Waals surface area contributed by atoms with Gasteiger partial charge in [0.1, 0.15) is 10.6 Å². The van der Waals surface area contributed by atoms with Crippen LogP contribution in [0.2, 0.25) is 0 Å². The Morgan fingerprint density at radius 1 is 1.47 bits per heavy atom. The van der Waals surface area contributed by atoms with Crippen molar-refractivity contribution in [2.24, 2.45) is 0 Å². The Morgan fingerprint density at radius 3 is 2.63 bits per heavy atom. The highest BCUT2D eigenvalue weighted by molar-refractivity contribution is 7.89. The molecule has 0 radical (unpaired) electrons. The van der Waals surface area contributed by atoms with Crippen LogP contribution in [-0.4, -0.2) is 43.6 Å². The summed E-state index contributed by atoms with van der Waals surface area (Å²) in [6, 6.07) is 4.45. The van der Waals surface area contributed by atoms with Crippen molar-refractivity contribution in [3.8, 4) is 5.75 Å².